The fourth-order valence-electron chi connectivity index (χ4n) is 3.49. The van der Waals surface area contributed by atoms with Gasteiger partial charge in [-0.25, -0.2) is 21.6 Å². The van der Waals surface area contributed by atoms with Gasteiger partial charge in [-0.3, -0.25) is 9.69 Å². The highest BCUT2D eigenvalue weighted by molar-refractivity contribution is 7.91. The molecule has 3 amide bonds. The van der Waals surface area contributed by atoms with Gasteiger partial charge in [-0.15, -0.1) is 0 Å². The highest BCUT2D eigenvalue weighted by Gasteiger charge is 2.54. The Morgan fingerprint density at radius 1 is 1.04 bits per heavy atom. The van der Waals surface area contributed by atoms with Crippen molar-refractivity contribution in [2.24, 2.45) is 5.41 Å². The molecule has 1 aliphatic carbocycles. The third-order valence-electron chi connectivity index (χ3n) is 5.15. The van der Waals surface area contributed by atoms with Crippen LogP contribution in [0.2, 0.25) is 0 Å². The van der Waals surface area contributed by atoms with Crippen LogP contribution in [0.15, 0.2) is 29.2 Å². The van der Waals surface area contributed by atoms with Crippen LogP contribution in [0.4, 0.5) is 4.79 Å². The summed E-state index contributed by atoms with van der Waals surface area (Å²) in [6.07, 6.45) is 3.53. The van der Waals surface area contributed by atoms with Crippen molar-refractivity contribution >= 4 is 31.6 Å². The van der Waals surface area contributed by atoms with Gasteiger partial charge < -0.3 is 5.32 Å². The summed E-state index contributed by atoms with van der Waals surface area (Å²) in [5, 5.41) is 2.66. The van der Waals surface area contributed by atoms with Gasteiger partial charge in [-0.2, -0.15) is 0 Å². The van der Waals surface area contributed by atoms with Gasteiger partial charge in [0.1, 0.15) is 15.4 Å². The smallest absolute Gasteiger partial charge is 0.319 e. The Labute approximate surface area is 158 Å². The molecule has 1 aliphatic heterocycles. The maximum atomic E-state index is 13.0. The van der Waals surface area contributed by atoms with E-state index in [9.17, 15) is 26.4 Å². The maximum absolute atomic E-state index is 13.0. The monoisotopic (exact) mass is 414 g/mol. The third-order valence-corrected chi connectivity index (χ3v) is 7.42. The molecule has 1 saturated carbocycles. The Hall–Kier alpha value is -1.94. The van der Waals surface area contributed by atoms with Crippen molar-refractivity contribution in [1.29, 1.82) is 0 Å². The zero-order valence-electron chi connectivity index (χ0n) is 15.4. The summed E-state index contributed by atoms with van der Waals surface area (Å²) < 4.78 is 46.5. The number of nitrogens with one attached hydrogen (secondary N) is 1. The molecule has 0 radical (unpaired) electrons. The average Bonchev–Trinajstić information content (AvgIpc) is 3.23. The summed E-state index contributed by atoms with van der Waals surface area (Å²) in [5.41, 5.74) is -1.43. The lowest BCUT2D eigenvalue weighted by atomic mass is 9.92. The van der Waals surface area contributed by atoms with Crippen LogP contribution in [0.1, 0.15) is 25.3 Å². The molecule has 1 heterocycles. The highest BCUT2D eigenvalue weighted by atomic mass is 32.2. The van der Waals surface area contributed by atoms with Crippen molar-refractivity contribution in [1.82, 2.24) is 10.2 Å². The molecule has 0 spiro atoms. The molecule has 1 N–H and O–H groups in total. The van der Waals surface area contributed by atoms with Crippen molar-refractivity contribution < 1.29 is 26.4 Å². The van der Waals surface area contributed by atoms with Gasteiger partial charge >= 0.3 is 6.03 Å². The first kappa shape index (κ1) is 19.8. The van der Waals surface area contributed by atoms with Gasteiger partial charge in [0.05, 0.1) is 10.6 Å². The standard InChI is InChI=1S/C17H22N2O6S2/c1-16(12-4-6-13(7-5-12)27(3,24)25)14(20)19(15(21)18-16)10-17(8-9-17)11-26(2,22)23/h4-7H,8-11H2,1-3H3,(H,18,21)/t16-/m1/s1. The summed E-state index contributed by atoms with van der Waals surface area (Å²) in [6.45, 7) is 1.61. The van der Waals surface area contributed by atoms with E-state index in [2.05, 4.69) is 5.32 Å². The number of amides is 3. The van der Waals surface area contributed by atoms with E-state index in [1.807, 2.05) is 0 Å². The van der Waals surface area contributed by atoms with Crippen LogP contribution >= 0.6 is 0 Å². The molecule has 1 atom stereocenters. The zero-order chi connectivity index (χ0) is 20.3. The van der Waals surface area contributed by atoms with E-state index in [4.69, 9.17) is 0 Å². The first-order valence-electron chi connectivity index (χ1n) is 8.38. The fraction of sp³-hybridized carbons (Fsp3) is 0.529. The molecule has 1 aromatic rings. The van der Waals surface area contributed by atoms with Crippen LogP contribution in [0.3, 0.4) is 0 Å². The van der Waals surface area contributed by atoms with Crippen LogP contribution in [-0.4, -0.2) is 58.5 Å². The molecule has 1 saturated heterocycles. The van der Waals surface area contributed by atoms with Crippen LogP contribution in [-0.2, 0) is 30.0 Å². The Morgan fingerprint density at radius 3 is 2.04 bits per heavy atom. The lowest BCUT2D eigenvalue weighted by Crippen LogP contribution is -2.42. The predicted molar refractivity (Wildman–Crippen MR) is 98.5 cm³/mol. The number of urea groups is 1. The van der Waals surface area contributed by atoms with Gasteiger partial charge in [-0.1, -0.05) is 12.1 Å². The minimum absolute atomic E-state index is 0.0573. The minimum atomic E-state index is -3.37. The van der Waals surface area contributed by atoms with Crippen molar-refractivity contribution in [3.63, 3.8) is 0 Å². The zero-order valence-corrected chi connectivity index (χ0v) is 17.0. The summed E-state index contributed by atoms with van der Waals surface area (Å²) >= 11 is 0. The van der Waals surface area contributed by atoms with E-state index in [1.54, 1.807) is 6.92 Å². The van der Waals surface area contributed by atoms with Crippen molar-refractivity contribution in [3.8, 4) is 0 Å². The number of carbonyl (C=O) groups excluding carboxylic acids is 2. The quantitative estimate of drug-likeness (QED) is 0.684. The highest BCUT2D eigenvalue weighted by Crippen LogP contribution is 2.48. The minimum Gasteiger partial charge on any atom is -0.319 e. The first-order chi connectivity index (χ1) is 12.3. The van der Waals surface area contributed by atoms with E-state index in [0.717, 1.165) is 17.4 Å². The average molecular weight is 415 g/mol. The summed E-state index contributed by atoms with van der Waals surface area (Å²) in [4.78, 5) is 26.6. The predicted octanol–water partition coefficient (Wildman–Crippen LogP) is 0.682. The number of hydrogen-bond donors (Lipinski definition) is 1. The molecule has 2 aliphatic rings. The Bertz CT molecular complexity index is 1010. The van der Waals surface area contributed by atoms with Gasteiger partial charge in [-0.05, 0) is 37.5 Å². The largest absolute Gasteiger partial charge is 0.325 e. The van der Waals surface area contributed by atoms with Crippen molar-refractivity contribution in [2.45, 2.75) is 30.2 Å². The SMILES string of the molecule is C[C@]1(c2ccc(S(C)(=O)=O)cc2)NC(=O)N(CC2(CS(C)(=O)=O)CC2)C1=O. The molecule has 10 heteroatoms. The second-order valence-electron chi connectivity index (χ2n) is 7.81. The summed E-state index contributed by atoms with van der Waals surface area (Å²) in [5.74, 6) is -0.531. The number of benzene rings is 1. The number of nitrogens with zero attached hydrogens (tertiary/aromatic N) is 1. The molecular weight excluding hydrogens is 392 g/mol. The normalized spacial score (nSPS) is 24.8. The van der Waals surface area contributed by atoms with E-state index < -0.39 is 42.6 Å². The second-order valence-corrected chi connectivity index (χ2v) is 12.0. The van der Waals surface area contributed by atoms with Gasteiger partial charge in [0.2, 0.25) is 0 Å². The maximum Gasteiger partial charge on any atom is 0.325 e. The molecular formula is C17H22N2O6S2. The van der Waals surface area contributed by atoms with E-state index in [-0.39, 0.29) is 17.2 Å². The Morgan fingerprint density at radius 2 is 1.59 bits per heavy atom. The Balaban J connectivity index is 1.85. The molecule has 0 bridgehead atoms. The third kappa shape index (κ3) is 3.86. The molecule has 2 fully saturated rings. The number of carbonyl (C=O) groups is 2. The molecule has 8 nitrogen and oxygen atoms in total. The summed E-state index contributed by atoms with van der Waals surface area (Å²) in [6, 6.07) is 5.21. The molecule has 27 heavy (non-hydrogen) atoms. The molecule has 0 unspecified atom stereocenters. The van der Waals surface area contributed by atoms with Gasteiger partial charge in [0.15, 0.2) is 9.84 Å². The second kappa shape index (κ2) is 6.03. The van der Waals surface area contributed by atoms with Gasteiger partial charge in [0, 0.05) is 24.5 Å². The van der Waals surface area contributed by atoms with Crippen LogP contribution in [0, 0.1) is 5.41 Å². The van der Waals surface area contributed by atoms with Crippen molar-refractivity contribution in [3.05, 3.63) is 29.8 Å². The van der Waals surface area contributed by atoms with Crippen LogP contribution in [0.5, 0.6) is 0 Å². The number of sulfone groups is 2. The lowest BCUT2D eigenvalue weighted by molar-refractivity contribution is -0.131. The van der Waals surface area contributed by atoms with Crippen LogP contribution < -0.4 is 5.32 Å². The van der Waals surface area contributed by atoms with Crippen molar-refractivity contribution in [2.75, 3.05) is 24.8 Å². The molecule has 1 aromatic carbocycles. The first-order valence-corrected chi connectivity index (χ1v) is 12.3. The molecule has 0 aromatic heterocycles. The lowest BCUT2D eigenvalue weighted by Gasteiger charge is -2.24. The number of rotatable bonds is 6. The van der Waals surface area contributed by atoms with E-state index in [1.165, 1.54) is 24.3 Å². The van der Waals surface area contributed by atoms with Gasteiger partial charge in [0.25, 0.3) is 5.91 Å². The topological polar surface area (TPSA) is 118 Å². The number of imide groups is 1. The van der Waals surface area contributed by atoms with E-state index in [0.29, 0.717) is 18.4 Å². The Kier molecular flexibility index (Phi) is 4.43. The van der Waals surface area contributed by atoms with E-state index >= 15 is 0 Å². The summed E-state index contributed by atoms with van der Waals surface area (Å²) in [7, 11) is -6.59. The fourth-order valence-corrected chi connectivity index (χ4v) is 5.61. The number of hydrogen-bond acceptors (Lipinski definition) is 6. The van der Waals surface area contributed by atoms with Crippen LogP contribution in [0.25, 0.3) is 0 Å². The molecule has 148 valence electrons. The molecule has 3 rings (SSSR count).